The van der Waals surface area contributed by atoms with Crippen LogP contribution in [0.2, 0.25) is 0 Å². The highest BCUT2D eigenvalue weighted by Crippen LogP contribution is 2.37. The molecule has 0 saturated heterocycles. The number of aryl methyl sites for hydroxylation is 1. The van der Waals surface area contributed by atoms with Gasteiger partial charge in [-0.05, 0) is 71.4 Å². The van der Waals surface area contributed by atoms with Crippen molar-refractivity contribution in [3.05, 3.63) is 50.4 Å². The normalized spacial score (nSPS) is 18.3. The van der Waals surface area contributed by atoms with Crippen molar-refractivity contribution in [2.75, 3.05) is 6.54 Å². The van der Waals surface area contributed by atoms with E-state index in [9.17, 15) is 0 Å². The van der Waals surface area contributed by atoms with Crippen LogP contribution in [0.1, 0.15) is 34.9 Å². The van der Waals surface area contributed by atoms with Gasteiger partial charge in [-0.3, -0.25) is 4.98 Å². The lowest BCUT2D eigenvalue weighted by Gasteiger charge is -2.23. The van der Waals surface area contributed by atoms with Gasteiger partial charge in [-0.2, -0.15) is 0 Å². The van der Waals surface area contributed by atoms with Crippen molar-refractivity contribution >= 4 is 27.3 Å². The maximum Gasteiger partial charge on any atom is 0.0704 e. The molecular formula is C15H17BrN2S. The second-order valence-electron chi connectivity index (χ2n) is 4.94. The summed E-state index contributed by atoms with van der Waals surface area (Å²) >= 11 is 5.50. The van der Waals surface area contributed by atoms with Crippen LogP contribution in [-0.4, -0.2) is 11.5 Å². The Morgan fingerprint density at radius 1 is 1.47 bits per heavy atom. The van der Waals surface area contributed by atoms with Crippen LogP contribution in [0.25, 0.3) is 0 Å². The Morgan fingerprint density at radius 2 is 2.42 bits per heavy atom. The molecule has 0 amide bonds. The Balaban J connectivity index is 1.59. The molecule has 0 fully saturated rings. The maximum atomic E-state index is 4.16. The van der Waals surface area contributed by atoms with E-state index in [0.29, 0.717) is 6.04 Å². The van der Waals surface area contributed by atoms with Gasteiger partial charge in [0.2, 0.25) is 0 Å². The zero-order chi connectivity index (χ0) is 13.1. The molecule has 3 rings (SSSR count). The van der Waals surface area contributed by atoms with E-state index in [1.807, 2.05) is 29.8 Å². The fraction of sp³-hybridized carbons (Fsp3) is 0.400. The lowest BCUT2D eigenvalue weighted by molar-refractivity contribution is 0.467. The summed E-state index contributed by atoms with van der Waals surface area (Å²) in [6.45, 7) is 1.02. The number of fused-ring (bicyclic) bond motifs is 1. The molecule has 0 spiro atoms. The van der Waals surface area contributed by atoms with Gasteiger partial charge in [-0.15, -0.1) is 11.3 Å². The monoisotopic (exact) mass is 336 g/mol. The van der Waals surface area contributed by atoms with Crippen molar-refractivity contribution in [1.29, 1.82) is 0 Å². The summed E-state index contributed by atoms with van der Waals surface area (Å²) in [6, 6.07) is 6.97. The standard InChI is InChI=1S/C15H17BrN2S/c16-15-9-12-13(4-1-5-14(12)19-15)18-8-6-11-3-2-7-17-10-11/h2-3,7,9-10,13,18H,1,4-6,8H2. The van der Waals surface area contributed by atoms with Crippen molar-refractivity contribution in [3.63, 3.8) is 0 Å². The molecule has 19 heavy (non-hydrogen) atoms. The quantitative estimate of drug-likeness (QED) is 0.908. The first kappa shape index (κ1) is 13.3. The molecule has 2 aromatic heterocycles. The molecule has 0 aromatic carbocycles. The summed E-state index contributed by atoms with van der Waals surface area (Å²) in [6.07, 6.45) is 8.62. The average molecular weight is 337 g/mol. The molecule has 1 N–H and O–H groups in total. The van der Waals surface area contributed by atoms with Crippen molar-refractivity contribution in [2.45, 2.75) is 31.7 Å². The molecule has 1 aliphatic carbocycles. The largest absolute Gasteiger partial charge is 0.310 e. The molecule has 100 valence electrons. The fourth-order valence-electron chi connectivity index (χ4n) is 2.67. The topological polar surface area (TPSA) is 24.9 Å². The second-order valence-corrected chi connectivity index (χ2v) is 7.46. The number of hydrogen-bond donors (Lipinski definition) is 1. The number of thiophene rings is 1. The Labute approximate surface area is 126 Å². The van der Waals surface area contributed by atoms with Gasteiger partial charge in [0.15, 0.2) is 0 Å². The van der Waals surface area contributed by atoms with E-state index < -0.39 is 0 Å². The maximum absolute atomic E-state index is 4.16. The molecule has 0 radical (unpaired) electrons. The van der Waals surface area contributed by atoms with E-state index in [2.05, 4.69) is 38.4 Å². The molecule has 0 aliphatic heterocycles. The van der Waals surface area contributed by atoms with Gasteiger partial charge in [0.05, 0.1) is 3.79 Å². The summed E-state index contributed by atoms with van der Waals surface area (Å²) in [5.74, 6) is 0. The van der Waals surface area contributed by atoms with E-state index in [4.69, 9.17) is 0 Å². The first-order valence-corrected chi connectivity index (χ1v) is 8.34. The molecule has 2 heterocycles. The molecule has 1 unspecified atom stereocenters. The van der Waals surface area contributed by atoms with Gasteiger partial charge in [-0.25, -0.2) is 0 Å². The van der Waals surface area contributed by atoms with E-state index >= 15 is 0 Å². The molecule has 1 aliphatic rings. The van der Waals surface area contributed by atoms with Crippen LogP contribution in [0.4, 0.5) is 0 Å². The average Bonchev–Trinajstić information content (AvgIpc) is 2.81. The molecule has 2 aromatic rings. The summed E-state index contributed by atoms with van der Waals surface area (Å²) in [5.41, 5.74) is 2.81. The van der Waals surface area contributed by atoms with Gasteiger partial charge in [-0.1, -0.05) is 6.07 Å². The highest BCUT2D eigenvalue weighted by atomic mass is 79.9. The van der Waals surface area contributed by atoms with Crippen LogP contribution < -0.4 is 5.32 Å². The molecule has 0 bridgehead atoms. The van der Waals surface area contributed by atoms with Crippen molar-refractivity contribution < 1.29 is 0 Å². The highest BCUT2D eigenvalue weighted by Gasteiger charge is 2.21. The smallest absolute Gasteiger partial charge is 0.0704 e. The summed E-state index contributed by atoms with van der Waals surface area (Å²) in [7, 11) is 0. The number of pyridine rings is 1. The Hall–Kier alpha value is -0.710. The number of aromatic nitrogens is 1. The van der Waals surface area contributed by atoms with E-state index in [-0.39, 0.29) is 0 Å². The van der Waals surface area contributed by atoms with Gasteiger partial charge in [0.25, 0.3) is 0 Å². The third kappa shape index (κ3) is 3.25. The third-order valence-corrected chi connectivity index (χ3v) is 5.32. The molecule has 4 heteroatoms. The number of nitrogens with one attached hydrogen (secondary N) is 1. The number of nitrogens with zero attached hydrogens (tertiary/aromatic N) is 1. The Morgan fingerprint density at radius 3 is 3.26 bits per heavy atom. The lowest BCUT2D eigenvalue weighted by atomic mass is 9.94. The predicted molar refractivity (Wildman–Crippen MR) is 83.6 cm³/mol. The number of hydrogen-bond acceptors (Lipinski definition) is 3. The minimum Gasteiger partial charge on any atom is -0.310 e. The molecule has 0 saturated carbocycles. The Bertz CT molecular complexity index is 538. The summed E-state index contributed by atoms with van der Waals surface area (Å²) in [5, 5.41) is 3.70. The molecular weight excluding hydrogens is 320 g/mol. The zero-order valence-corrected chi connectivity index (χ0v) is 13.1. The van der Waals surface area contributed by atoms with E-state index in [1.54, 1.807) is 4.88 Å². The van der Waals surface area contributed by atoms with Gasteiger partial charge in [0.1, 0.15) is 0 Å². The zero-order valence-electron chi connectivity index (χ0n) is 10.7. The minimum absolute atomic E-state index is 0.531. The molecule has 2 nitrogen and oxygen atoms in total. The van der Waals surface area contributed by atoms with Gasteiger partial charge >= 0.3 is 0 Å². The lowest BCUT2D eigenvalue weighted by Crippen LogP contribution is -2.26. The van der Waals surface area contributed by atoms with Crippen LogP contribution in [0.3, 0.4) is 0 Å². The minimum atomic E-state index is 0.531. The van der Waals surface area contributed by atoms with Crippen LogP contribution >= 0.6 is 27.3 Å². The number of rotatable bonds is 4. The van der Waals surface area contributed by atoms with Crippen LogP contribution in [0.15, 0.2) is 34.4 Å². The van der Waals surface area contributed by atoms with Crippen LogP contribution in [-0.2, 0) is 12.8 Å². The van der Waals surface area contributed by atoms with Crippen molar-refractivity contribution in [1.82, 2.24) is 10.3 Å². The van der Waals surface area contributed by atoms with Crippen molar-refractivity contribution in [2.24, 2.45) is 0 Å². The highest BCUT2D eigenvalue weighted by molar-refractivity contribution is 9.11. The Kier molecular flexibility index (Phi) is 4.31. The second kappa shape index (κ2) is 6.16. The summed E-state index contributed by atoms with van der Waals surface area (Å²) < 4.78 is 1.26. The van der Waals surface area contributed by atoms with Crippen LogP contribution in [0.5, 0.6) is 0 Å². The van der Waals surface area contributed by atoms with Crippen molar-refractivity contribution in [3.8, 4) is 0 Å². The van der Waals surface area contributed by atoms with E-state index in [0.717, 1.165) is 13.0 Å². The molecule has 1 atom stereocenters. The fourth-order valence-corrected chi connectivity index (χ4v) is 4.49. The van der Waals surface area contributed by atoms with E-state index in [1.165, 1.54) is 34.2 Å². The summed E-state index contributed by atoms with van der Waals surface area (Å²) in [4.78, 5) is 5.71. The predicted octanol–water partition coefficient (Wildman–Crippen LogP) is 4.12. The first-order chi connectivity index (χ1) is 9.33. The van der Waals surface area contributed by atoms with Gasteiger partial charge in [0, 0.05) is 23.3 Å². The number of halogens is 1. The van der Waals surface area contributed by atoms with Crippen LogP contribution in [0, 0.1) is 0 Å². The first-order valence-electron chi connectivity index (χ1n) is 6.73. The third-order valence-electron chi connectivity index (χ3n) is 3.61. The van der Waals surface area contributed by atoms with Gasteiger partial charge < -0.3 is 5.32 Å². The SMILES string of the molecule is Brc1cc2c(s1)CCCC2NCCc1cccnc1.